The summed E-state index contributed by atoms with van der Waals surface area (Å²) in [4.78, 5) is 25.4. The zero-order chi connectivity index (χ0) is 14.7. The molecule has 0 bridgehead atoms. The van der Waals surface area contributed by atoms with Crippen molar-refractivity contribution in [2.45, 2.75) is 4.90 Å². The molecule has 2 rings (SSSR count). The fourth-order valence-electron chi connectivity index (χ4n) is 1.79. The molecule has 1 aliphatic rings. The Labute approximate surface area is 119 Å². The number of carbonyl (C=O) groups is 2. The Kier molecular flexibility index (Phi) is 4.56. The minimum Gasteiger partial charge on any atom is -0.494 e. The predicted molar refractivity (Wildman–Crippen MR) is 73.8 cm³/mol. The summed E-state index contributed by atoms with van der Waals surface area (Å²) < 4.78 is 21.5. The summed E-state index contributed by atoms with van der Waals surface area (Å²) in [5.74, 6) is -0.929. The number of rotatable bonds is 2. The first-order chi connectivity index (χ1) is 9.45. The van der Waals surface area contributed by atoms with Crippen LogP contribution in [-0.2, 0) is 29.7 Å². The third kappa shape index (κ3) is 3.67. The summed E-state index contributed by atoms with van der Waals surface area (Å²) in [5.41, 5.74) is 0.533. The van der Waals surface area contributed by atoms with E-state index in [9.17, 15) is 13.8 Å². The maximum absolute atomic E-state index is 11.6. The molecule has 1 aromatic carbocycles. The lowest BCUT2D eigenvalue weighted by atomic mass is 9.78. The van der Waals surface area contributed by atoms with Gasteiger partial charge in [0.15, 0.2) is 0 Å². The quantitative estimate of drug-likeness (QED) is 0.662. The van der Waals surface area contributed by atoms with Crippen LogP contribution >= 0.6 is 0 Å². The van der Waals surface area contributed by atoms with E-state index in [1.54, 1.807) is 37.6 Å². The molecular weight excluding hydrogens is 281 g/mol. The lowest BCUT2D eigenvalue weighted by molar-refractivity contribution is -0.145. The molecule has 1 saturated heterocycles. The average Bonchev–Trinajstić information content (AvgIpc) is 2.36. The number of nitrogens with zero attached hydrogens (tertiary/aromatic N) is 1. The zero-order valence-corrected chi connectivity index (χ0v) is 12.0. The van der Waals surface area contributed by atoms with Gasteiger partial charge in [0.05, 0.1) is 13.1 Å². The van der Waals surface area contributed by atoms with Crippen molar-refractivity contribution in [3.05, 3.63) is 24.3 Å². The molecule has 0 saturated carbocycles. The first-order valence-electron chi connectivity index (χ1n) is 5.96. The van der Waals surface area contributed by atoms with Gasteiger partial charge in [-0.15, -0.1) is 0 Å². The molecule has 106 valence electrons. The van der Waals surface area contributed by atoms with Crippen molar-refractivity contribution in [1.82, 2.24) is 4.90 Å². The minimum atomic E-state index is -1.09. The third-order valence-electron chi connectivity index (χ3n) is 2.76. The number of likely N-dealkylation sites (N-methyl/N-ethyl adjacent to an activating group) is 1. The number of hydrogen-bond donors (Lipinski definition) is 0. The van der Waals surface area contributed by atoms with E-state index in [1.165, 1.54) is 4.90 Å². The Hall–Kier alpha value is -1.67. The van der Waals surface area contributed by atoms with Gasteiger partial charge in [-0.25, -0.2) is 0 Å². The molecule has 1 fully saturated rings. The van der Waals surface area contributed by atoms with E-state index < -0.39 is 29.9 Å². The summed E-state index contributed by atoms with van der Waals surface area (Å²) in [5, 5.41) is 0. The highest BCUT2D eigenvalue weighted by molar-refractivity contribution is 7.84. The van der Waals surface area contributed by atoms with Crippen molar-refractivity contribution >= 4 is 35.3 Å². The van der Waals surface area contributed by atoms with E-state index >= 15 is 0 Å². The van der Waals surface area contributed by atoms with Gasteiger partial charge in [-0.2, -0.15) is 0 Å². The van der Waals surface area contributed by atoms with E-state index in [-0.39, 0.29) is 13.1 Å². The summed E-state index contributed by atoms with van der Waals surface area (Å²) in [6.45, 7) is 0.0608. The molecule has 1 atom stereocenters. The van der Waals surface area contributed by atoms with E-state index in [0.717, 1.165) is 0 Å². The Bertz CT molecular complexity index is 527. The summed E-state index contributed by atoms with van der Waals surface area (Å²) in [6, 6.07) is 6.57. The molecule has 20 heavy (non-hydrogen) atoms. The van der Waals surface area contributed by atoms with Crippen molar-refractivity contribution < 1.29 is 23.1 Å². The van der Waals surface area contributed by atoms with E-state index in [0.29, 0.717) is 10.4 Å². The van der Waals surface area contributed by atoms with Gasteiger partial charge in [0, 0.05) is 27.4 Å². The Morgan fingerprint density at radius 3 is 2.05 bits per heavy atom. The topological polar surface area (TPSA) is 72.9 Å². The highest BCUT2D eigenvalue weighted by Crippen LogP contribution is 2.05. The highest BCUT2D eigenvalue weighted by atomic mass is 32.2. The van der Waals surface area contributed by atoms with Crippen LogP contribution in [0.3, 0.4) is 0 Å². The second-order valence-electron chi connectivity index (χ2n) is 4.51. The molecule has 6 nitrogen and oxygen atoms in total. The average molecular weight is 295 g/mol. The van der Waals surface area contributed by atoms with Gasteiger partial charge in [-0.3, -0.25) is 18.7 Å². The van der Waals surface area contributed by atoms with Gasteiger partial charge in [0.2, 0.25) is 0 Å². The zero-order valence-electron chi connectivity index (χ0n) is 11.2. The second-order valence-corrected chi connectivity index (χ2v) is 5.89. The van der Waals surface area contributed by atoms with E-state index in [4.69, 9.17) is 9.31 Å². The monoisotopic (exact) mass is 295 g/mol. The van der Waals surface area contributed by atoms with Gasteiger partial charge in [-0.05, 0) is 19.2 Å². The van der Waals surface area contributed by atoms with Crippen LogP contribution in [-0.4, -0.2) is 54.6 Å². The maximum Gasteiger partial charge on any atom is 0.636 e. The van der Waals surface area contributed by atoms with Crippen molar-refractivity contribution in [3.63, 3.8) is 0 Å². The maximum atomic E-state index is 11.6. The van der Waals surface area contributed by atoms with Gasteiger partial charge < -0.3 is 9.31 Å². The largest absolute Gasteiger partial charge is 0.636 e. The van der Waals surface area contributed by atoms with Crippen LogP contribution < -0.4 is 5.46 Å². The first-order valence-corrected chi connectivity index (χ1v) is 7.52. The fraction of sp³-hybridized carbons (Fsp3) is 0.333. The van der Waals surface area contributed by atoms with Crippen LogP contribution in [0.4, 0.5) is 0 Å². The van der Waals surface area contributed by atoms with Gasteiger partial charge >= 0.3 is 19.1 Å². The van der Waals surface area contributed by atoms with E-state index in [1.807, 2.05) is 0 Å². The molecule has 0 spiro atoms. The van der Waals surface area contributed by atoms with Crippen molar-refractivity contribution in [1.29, 1.82) is 0 Å². The predicted octanol–water partition coefficient (Wildman–Crippen LogP) is -0.849. The van der Waals surface area contributed by atoms with Gasteiger partial charge in [0.25, 0.3) is 0 Å². The van der Waals surface area contributed by atoms with Crippen LogP contribution in [0.5, 0.6) is 0 Å². The molecule has 8 heteroatoms. The molecule has 1 aromatic rings. The van der Waals surface area contributed by atoms with Crippen molar-refractivity contribution in [3.8, 4) is 0 Å². The molecule has 0 N–H and O–H groups in total. The number of benzene rings is 1. The first kappa shape index (κ1) is 14.7. The van der Waals surface area contributed by atoms with Crippen LogP contribution in [0.2, 0.25) is 0 Å². The standard InChI is InChI=1S/C12H14BNO5S/c1-14-7-11(15)18-13(19-12(16)8-14)9-3-5-10(6-4-9)20(2)17/h3-6H,7-8H2,1-2H3. The molecule has 0 aromatic heterocycles. The molecule has 0 amide bonds. The summed E-state index contributed by atoms with van der Waals surface area (Å²) in [7, 11) is -0.509. The molecule has 1 aliphatic heterocycles. The number of carbonyl (C=O) groups excluding carboxylic acids is 2. The van der Waals surface area contributed by atoms with Crippen LogP contribution in [0, 0.1) is 0 Å². The van der Waals surface area contributed by atoms with Gasteiger partial charge in [-0.1, -0.05) is 12.1 Å². The summed E-state index contributed by atoms with van der Waals surface area (Å²) in [6.07, 6.45) is 1.57. The molecule has 1 heterocycles. The molecular formula is C12H14BNO5S. The lowest BCUT2D eigenvalue weighted by Gasteiger charge is -2.22. The minimum absolute atomic E-state index is 0.0304. The normalized spacial score (nSPS) is 18.8. The van der Waals surface area contributed by atoms with Crippen molar-refractivity contribution in [2.24, 2.45) is 0 Å². The van der Waals surface area contributed by atoms with Crippen LogP contribution in [0.25, 0.3) is 0 Å². The lowest BCUT2D eigenvalue weighted by Crippen LogP contribution is -2.47. The van der Waals surface area contributed by atoms with Crippen molar-refractivity contribution in [2.75, 3.05) is 26.4 Å². The van der Waals surface area contributed by atoms with Crippen LogP contribution in [0.1, 0.15) is 0 Å². The second kappa shape index (κ2) is 6.19. The smallest absolute Gasteiger partial charge is 0.494 e. The van der Waals surface area contributed by atoms with E-state index in [2.05, 4.69) is 0 Å². The Morgan fingerprint density at radius 1 is 1.10 bits per heavy atom. The molecule has 0 radical (unpaired) electrons. The molecule has 1 unspecified atom stereocenters. The number of hydrogen-bond acceptors (Lipinski definition) is 6. The molecule has 0 aliphatic carbocycles. The Balaban J connectivity index is 2.19. The fourth-order valence-corrected chi connectivity index (χ4v) is 2.31. The highest BCUT2D eigenvalue weighted by Gasteiger charge is 2.33. The third-order valence-corrected chi connectivity index (χ3v) is 3.70. The Morgan fingerprint density at radius 2 is 1.60 bits per heavy atom. The van der Waals surface area contributed by atoms with Crippen LogP contribution in [0.15, 0.2) is 29.2 Å². The summed E-state index contributed by atoms with van der Waals surface area (Å²) >= 11 is 0. The SMILES string of the molecule is CN1CC(=O)OB(c2ccc(S(C)=O)cc2)OC(=O)C1. The van der Waals surface area contributed by atoms with Gasteiger partial charge in [0.1, 0.15) is 0 Å².